The van der Waals surface area contributed by atoms with Crippen molar-refractivity contribution in [3.8, 4) is 5.75 Å². The molecule has 1 aliphatic rings. The minimum absolute atomic E-state index is 0.243. The molecule has 1 unspecified atom stereocenters. The van der Waals surface area contributed by atoms with E-state index in [0.29, 0.717) is 13.1 Å². The Morgan fingerprint density at radius 3 is 2.81 bits per heavy atom. The molecule has 1 aromatic carbocycles. The third-order valence-corrected chi connectivity index (χ3v) is 5.19. The van der Waals surface area contributed by atoms with E-state index in [-0.39, 0.29) is 6.10 Å². The molecule has 1 aliphatic heterocycles. The van der Waals surface area contributed by atoms with Gasteiger partial charge in [0.1, 0.15) is 11.6 Å². The van der Waals surface area contributed by atoms with E-state index in [0.717, 1.165) is 61.4 Å². The van der Waals surface area contributed by atoms with Crippen molar-refractivity contribution in [1.29, 1.82) is 0 Å². The van der Waals surface area contributed by atoms with E-state index in [9.17, 15) is 0 Å². The van der Waals surface area contributed by atoms with Crippen LogP contribution in [0.2, 0.25) is 0 Å². The number of aryl methyl sites for hydroxylation is 1. The lowest BCUT2D eigenvalue weighted by atomic mass is 10.1. The summed E-state index contributed by atoms with van der Waals surface area (Å²) >= 11 is 0. The van der Waals surface area contributed by atoms with E-state index < -0.39 is 0 Å². The van der Waals surface area contributed by atoms with Crippen LogP contribution in [0.25, 0.3) is 0 Å². The summed E-state index contributed by atoms with van der Waals surface area (Å²) in [6, 6.07) is 10.5. The second-order valence-corrected chi connectivity index (χ2v) is 7.89. The van der Waals surface area contributed by atoms with Gasteiger partial charge in [-0.2, -0.15) is 0 Å². The Kier molecular flexibility index (Phi) is 8.53. The number of benzene rings is 1. The Hall–Kier alpha value is -2.80. The Morgan fingerprint density at radius 2 is 2.10 bits per heavy atom. The van der Waals surface area contributed by atoms with Crippen LogP contribution >= 0.6 is 0 Å². The Labute approximate surface area is 185 Å². The van der Waals surface area contributed by atoms with Gasteiger partial charge in [0.15, 0.2) is 5.96 Å². The summed E-state index contributed by atoms with van der Waals surface area (Å²) in [5, 5.41) is 6.74. The first-order chi connectivity index (χ1) is 15.1. The number of ether oxygens (including phenoxy) is 2. The lowest BCUT2D eigenvalue weighted by Gasteiger charge is -2.32. The van der Waals surface area contributed by atoms with Crippen molar-refractivity contribution in [2.24, 2.45) is 4.99 Å². The van der Waals surface area contributed by atoms with Crippen LogP contribution in [0.3, 0.4) is 0 Å². The maximum atomic E-state index is 5.91. The fourth-order valence-electron chi connectivity index (χ4n) is 3.47. The summed E-state index contributed by atoms with van der Waals surface area (Å²) in [6.45, 7) is 10.8. The number of guanidine groups is 1. The van der Waals surface area contributed by atoms with Crippen molar-refractivity contribution < 1.29 is 9.47 Å². The second-order valence-electron chi connectivity index (χ2n) is 7.89. The molecule has 2 heterocycles. The van der Waals surface area contributed by atoms with Gasteiger partial charge in [0.2, 0.25) is 0 Å². The van der Waals surface area contributed by atoms with Gasteiger partial charge in [-0.15, -0.1) is 0 Å². The van der Waals surface area contributed by atoms with Gasteiger partial charge >= 0.3 is 0 Å². The first kappa shape index (κ1) is 22.9. The average molecular weight is 426 g/mol. The van der Waals surface area contributed by atoms with Gasteiger partial charge in [-0.3, -0.25) is 4.99 Å². The zero-order chi connectivity index (χ0) is 22.1. The number of pyridine rings is 1. The van der Waals surface area contributed by atoms with Gasteiger partial charge in [-0.1, -0.05) is 25.1 Å². The van der Waals surface area contributed by atoms with Crippen LogP contribution in [0.5, 0.6) is 5.75 Å². The van der Waals surface area contributed by atoms with Gasteiger partial charge < -0.3 is 25.0 Å². The molecule has 31 heavy (non-hydrogen) atoms. The van der Waals surface area contributed by atoms with E-state index in [2.05, 4.69) is 76.6 Å². The summed E-state index contributed by atoms with van der Waals surface area (Å²) in [5.74, 6) is 2.68. The maximum absolute atomic E-state index is 5.91. The van der Waals surface area contributed by atoms with Crippen LogP contribution in [0, 0.1) is 6.92 Å². The molecule has 3 rings (SSSR count). The van der Waals surface area contributed by atoms with Crippen molar-refractivity contribution >= 4 is 11.8 Å². The molecule has 1 aromatic heterocycles. The normalized spacial score (nSPS) is 16.8. The first-order valence-corrected chi connectivity index (χ1v) is 11.1. The summed E-state index contributed by atoms with van der Waals surface area (Å²) in [7, 11) is 1.78. The quantitative estimate of drug-likeness (QED) is 0.500. The predicted molar refractivity (Wildman–Crippen MR) is 126 cm³/mol. The molecule has 2 aromatic rings. The molecule has 0 spiro atoms. The Balaban J connectivity index is 1.52. The zero-order valence-electron chi connectivity index (χ0n) is 19.1. The van der Waals surface area contributed by atoms with Crippen LogP contribution in [0.4, 0.5) is 5.82 Å². The molecule has 0 saturated carbocycles. The minimum atomic E-state index is 0.243. The van der Waals surface area contributed by atoms with E-state index in [1.807, 2.05) is 6.20 Å². The molecular weight excluding hydrogens is 390 g/mol. The van der Waals surface area contributed by atoms with Gasteiger partial charge in [-0.25, -0.2) is 4.98 Å². The lowest BCUT2D eigenvalue weighted by molar-refractivity contribution is 0.0529. The summed E-state index contributed by atoms with van der Waals surface area (Å²) in [6.07, 6.45) is 3.15. The molecule has 0 amide bonds. The number of aliphatic imine (C=N–C) groups is 1. The van der Waals surface area contributed by atoms with Crippen LogP contribution < -0.4 is 20.3 Å². The van der Waals surface area contributed by atoms with Crippen molar-refractivity contribution in [3.63, 3.8) is 0 Å². The molecule has 168 valence electrons. The monoisotopic (exact) mass is 425 g/mol. The molecule has 0 radical (unpaired) electrons. The molecule has 1 atom stereocenters. The van der Waals surface area contributed by atoms with E-state index in [1.165, 1.54) is 5.56 Å². The molecule has 0 aliphatic carbocycles. The maximum Gasteiger partial charge on any atom is 0.191 e. The number of nitrogens with zero attached hydrogens (tertiary/aromatic N) is 3. The van der Waals surface area contributed by atoms with Crippen molar-refractivity contribution in [2.45, 2.75) is 46.4 Å². The fraction of sp³-hybridized carbons (Fsp3) is 0.500. The molecule has 2 N–H and O–H groups in total. The largest absolute Gasteiger partial charge is 0.493 e. The Bertz CT molecular complexity index is 854. The molecular formula is C24H35N5O2. The number of nitrogens with one attached hydrogen (secondary N) is 2. The average Bonchev–Trinajstić information content (AvgIpc) is 2.79. The lowest BCUT2D eigenvalue weighted by Crippen LogP contribution is -2.41. The van der Waals surface area contributed by atoms with Crippen LogP contribution in [0.15, 0.2) is 41.5 Å². The highest BCUT2D eigenvalue weighted by Crippen LogP contribution is 2.20. The highest BCUT2D eigenvalue weighted by molar-refractivity contribution is 5.79. The van der Waals surface area contributed by atoms with Crippen LogP contribution in [-0.2, 0) is 17.8 Å². The molecule has 7 nitrogen and oxygen atoms in total. The van der Waals surface area contributed by atoms with Crippen molar-refractivity contribution in [2.75, 3.05) is 38.3 Å². The number of anilines is 1. The number of morpholine rings is 1. The number of rotatable bonds is 8. The van der Waals surface area contributed by atoms with Crippen LogP contribution in [-0.4, -0.2) is 50.4 Å². The van der Waals surface area contributed by atoms with Gasteiger partial charge in [-0.05, 0) is 43.5 Å². The number of hydrogen-bond donors (Lipinski definition) is 2. The van der Waals surface area contributed by atoms with Gasteiger partial charge in [0, 0.05) is 45.0 Å². The molecule has 1 saturated heterocycles. The summed E-state index contributed by atoms with van der Waals surface area (Å²) < 4.78 is 11.5. The minimum Gasteiger partial charge on any atom is -0.493 e. The molecule has 7 heteroatoms. The summed E-state index contributed by atoms with van der Waals surface area (Å²) in [5.41, 5.74) is 3.42. The molecule has 0 bridgehead atoms. The van der Waals surface area contributed by atoms with E-state index in [1.54, 1.807) is 7.05 Å². The highest BCUT2D eigenvalue weighted by Gasteiger charge is 2.17. The third kappa shape index (κ3) is 6.85. The van der Waals surface area contributed by atoms with Gasteiger partial charge in [0.05, 0.1) is 19.3 Å². The predicted octanol–water partition coefficient (Wildman–Crippen LogP) is 3.27. The number of hydrogen-bond acceptors (Lipinski definition) is 5. The summed E-state index contributed by atoms with van der Waals surface area (Å²) in [4.78, 5) is 11.2. The highest BCUT2D eigenvalue weighted by atomic mass is 16.5. The van der Waals surface area contributed by atoms with Crippen molar-refractivity contribution in [1.82, 2.24) is 15.6 Å². The standard InChI is InChI=1S/C24H35N5O2/c1-5-11-31-22-13-18(2)6-8-21(22)16-28-24(25-4)27-15-20-7-9-23(26-14-20)29-10-12-30-19(3)17-29/h6-9,13-14,19H,5,10-12,15-17H2,1-4H3,(H2,25,27,28). The SMILES string of the molecule is CCCOc1cc(C)ccc1CNC(=NC)NCc1ccc(N2CCOC(C)C2)nc1. The molecule has 1 fully saturated rings. The van der Waals surface area contributed by atoms with Crippen LogP contribution in [0.1, 0.15) is 37.0 Å². The van der Waals surface area contributed by atoms with Crippen molar-refractivity contribution in [3.05, 3.63) is 53.2 Å². The zero-order valence-corrected chi connectivity index (χ0v) is 19.1. The van der Waals surface area contributed by atoms with E-state index >= 15 is 0 Å². The number of aromatic nitrogens is 1. The first-order valence-electron chi connectivity index (χ1n) is 11.1. The van der Waals surface area contributed by atoms with Gasteiger partial charge in [0.25, 0.3) is 0 Å². The topological polar surface area (TPSA) is 71.0 Å². The third-order valence-electron chi connectivity index (χ3n) is 5.19. The fourth-order valence-corrected chi connectivity index (χ4v) is 3.47. The Morgan fingerprint density at radius 1 is 1.26 bits per heavy atom. The van der Waals surface area contributed by atoms with E-state index in [4.69, 9.17) is 9.47 Å². The smallest absolute Gasteiger partial charge is 0.191 e. The second kappa shape index (κ2) is 11.6.